The van der Waals surface area contributed by atoms with Gasteiger partial charge < -0.3 is 10.2 Å². The lowest BCUT2D eigenvalue weighted by molar-refractivity contribution is 0.210. The first-order valence-electron chi connectivity index (χ1n) is 4.32. The number of hydrogen-bond acceptors (Lipinski definition) is 3. The van der Waals surface area contributed by atoms with Crippen molar-refractivity contribution in [3.63, 3.8) is 0 Å². The van der Waals surface area contributed by atoms with Gasteiger partial charge in [0.25, 0.3) is 0 Å². The summed E-state index contributed by atoms with van der Waals surface area (Å²) in [5.41, 5.74) is 0. The molecule has 0 bridgehead atoms. The van der Waals surface area contributed by atoms with Crippen LogP contribution in [-0.2, 0) is 0 Å². The second kappa shape index (κ2) is 4.67. The summed E-state index contributed by atoms with van der Waals surface area (Å²) in [6, 6.07) is 2.07. The lowest BCUT2D eigenvalue weighted by Crippen LogP contribution is -2.35. The van der Waals surface area contributed by atoms with Gasteiger partial charge in [-0.25, -0.2) is 4.79 Å². The van der Waals surface area contributed by atoms with E-state index in [0.29, 0.717) is 13.1 Å². The fraction of sp³-hybridized carbons (Fsp3) is 0.750. The predicted octanol–water partition coefficient (Wildman–Crippen LogP) is -0.533. The molecule has 0 aromatic carbocycles. The van der Waals surface area contributed by atoms with Gasteiger partial charge in [-0.3, -0.25) is 4.90 Å². The Morgan fingerprint density at radius 2 is 2.54 bits per heavy atom. The number of amides is 2. The highest BCUT2D eigenvalue weighted by atomic mass is 16.2. The molecule has 1 heterocycles. The molecule has 72 valence electrons. The van der Waals surface area contributed by atoms with Crippen LogP contribution in [0.1, 0.15) is 0 Å². The quantitative estimate of drug-likeness (QED) is 0.594. The molecule has 1 rings (SSSR count). The van der Waals surface area contributed by atoms with Crippen LogP contribution < -0.4 is 5.32 Å². The topological polar surface area (TPSA) is 59.4 Å². The summed E-state index contributed by atoms with van der Waals surface area (Å²) in [5.74, 6) is 0. The average molecular weight is 182 g/mol. The molecule has 0 aromatic rings. The van der Waals surface area contributed by atoms with E-state index in [9.17, 15) is 4.79 Å². The van der Waals surface area contributed by atoms with E-state index < -0.39 is 0 Å². The van der Waals surface area contributed by atoms with Gasteiger partial charge in [0.2, 0.25) is 0 Å². The number of rotatable bonds is 4. The van der Waals surface area contributed by atoms with Crippen LogP contribution in [0.25, 0.3) is 0 Å². The maximum atomic E-state index is 11.1. The van der Waals surface area contributed by atoms with Gasteiger partial charge in [-0.1, -0.05) is 0 Å². The molecule has 0 saturated carbocycles. The molecule has 1 aliphatic heterocycles. The summed E-state index contributed by atoms with van der Waals surface area (Å²) in [5, 5.41) is 11.1. The SMILES string of the molecule is CN(CC#N)CCN1CCNC1=O. The third-order valence-corrected chi connectivity index (χ3v) is 2.04. The van der Waals surface area contributed by atoms with Crippen molar-refractivity contribution in [3.05, 3.63) is 0 Å². The van der Waals surface area contributed by atoms with Crippen molar-refractivity contribution in [2.24, 2.45) is 0 Å². The molecular formula is C8H14N4O. The Bertz CT molecular complexity index is 223. The highest BCUT2D eigenvalue weighted by molar-refractivity contribution is 5.76. The summed E-state index contributed by atoms with van der Waals surface area (Å²) >= 11 is 0. The number of nitrogens with one attached hydrogen (secondary N) is 1. The average Bonchev–Trinajstić information content (AvgIpc) is 2.48. The summed E-state index contributed by atoms with van der Waals surface area (Å²) < 4.78 is 0. The summed E-state index contributed by atoms with van der Waals surface area (Å²) in [6.07, 6.45) is 0. The van der Waals surface area contributed by atoms with Crippen LogP contribution in [0.5, 0.6) is 0 Å². The van der Waals surface area contributed by atoms with Gasteiger partial charge in [0.15, 0.2) is 0 Å². The molecule has 2 amide bonds. The molecule has 0 spiro atoms. The normalized spacial score (nSPS) is 16.1. The van der Waals surface area contributed by atoms with E-state index in [1.807, 2.05) is 11.9 Å². The summed E-state index contributed by atoms with van der Waals surface area (Å²) in [4.78, 5) is 14.7. The van der Waals surface area contributed by atoms with Gasteiger partial charge in [0, 0.05) is 26.2 Å². The van der Waals surface area contributed by atoms with E-state index in [4.69, 9.17) is 5.26 Å². The smallest absolute Gasteiger partial charge is 0.317 e. The molecular weight excluding hydrogens is 168 g/mol. The molecule has 1 aliphatic rings. The minimum Gasteiger partial charge on any atom is -0.336 e. The van der Waals surface area contributed by atoms with Gasteiger partial charge in [-0.2, -0.15) is 5.26 Å². The van der Waals surface area contributed by atoms with Gasteiger partial charge >= 0.3 is 6.03 Å². The predicted molar refractivity (Wildman–Crippen MR) is 48.1 cm³/mol. The zero-order chi connectivity index (χ0) is 9.68. The molecule has 0 aromatic heterocycles. The van der Waals surface area contributed by atoms with Crippen LogP contribution in [0.4, 0.5) is 4.79 Å². The van der Waals surface area contributed by atoms with E-state index in [1.165, 1.54) is 0 Å². The van der Waals surface area contributed by atoms with Crippen molar-refractivity contribution < 1.29 is 4.79 Å². The van der Waals surface area contributed by atoms with Crippen molar-refractivity contribution >= 4 is 6.03 Å². The van der Waals surface area contributed by atoms with Crippen molar-refractivity contribution in [1.82, 2.24) is 15.1 Å². The zero-order valence-corrected chi connectivity index (χ0v) is 7.79. The second-order valence-corrected chi connectivity index (χ2v) is 3.11. The Kier molecular flexibility index (Phi) is 3.53. The first-order chi connectivity index (χ1) is 6.24. The summed E-state index contributed by atoms with van der Waals surface area (Å²) in [7, 11) is 1.87. The molecule has 0 unspecified atom stereocenters. The largest absolute Gasteiger partial charge is 0.336 e. The Morgan fingerprint density at radius 1 is 1.77 bits per heavy atom. The summed E-state index contributed by atoms with van der Waals surface area (Å²) in [6.45, 7) is 3.38. The Morgan fingerprint density at radius 3 is 3.08 bits per heavy atom. The zero-order valence-electron chi connectivity index (χ0n) is 7.79. The van der Waals surface area contributed by atoms with Crippen LogP contribution in [-0.4, -0.2) is 55.6 Å². The van der Waals surface area contributed by atoms with Crippen molar-refractivity contribution in [1.29, 1.82) is 5.26 Å². The monoisotopic (exact) mass is 182 g/mol. The van der Waals surface area contributed by atoms with E-state index in [0.717, 1.165) is 19.6 Å². The van der Waals surface area contributed by atoms with E-state index in [-0.39, 0.29) is 6.03 Å². The molecule has 0 radical (unpaired) electrons. The Labute approximate surface area is 77.9 Å². The van der Waals surface area contributed by atoms with Crippen LogP contribution >= 0.6 is 0 Å². The number of nitriles is 1. The number of hydrogen-bond donors (Lipinski definition) is 1. The second-order valence-electron chi connectivity index (χ2n) is 3.11. The molecule has 0 aliphatic carbocycles. The molecule has 0 atom stereocenters. The fourth-order valence-electron chi connectivity index (χ4n) is 1.22. The Hall–Kier alpha value is -1.28. The highest BCUT2D eigenvalue weighted by Crippen LogP contribution is 1.96. The maximum absolute atomic E-state index is 11.1. The number of carbonyl (C=O) groups excluding carboxylic acids is 1. The fourth-order valence-corrected chi connectivity index (χ4v) is 1.22. The van der Waals surface area contributed by atoms with E-state index in [1.54, 1.807) is 4.90 Å². The van der Waals surface area contributed by atoms with Gasteiger partial charge in [-0.05, 0) is 7.05 Å². The highest BCUT2D eigenvalue weighted by Gasteiger charge is 2.18. The van der Waals surface area contributed by atoms with Crippen LogP contribution in [0.15, 0.2) is 0 Å². The minimum atomic E-state index is 0.00496. The van der Waals surface area contributed by atoms with Crippen LogP contribution in [0.3, 0.4) is 0 Å². The third kappa shape index (κ3) is 2.92. The molecule has 1 N–H and O–H groups in total. The molecule has 5 heteroatoms. The van der Waals surface area contributed by atoms with Gasteiger partial charge in [-0.15, -0.1) is 0 Å². The number of nitrogens with zero attached hydrogens (tertiary/aromatic N) is 3. The van der Waals surface area contributed by atoms with E-state index >= 15 is 0 Å². The maximum Gasteiger partial charge on any atom is 0.317 e. The first kappa shape index (κ1) is 9.81. The third-order valence-electron chi connectivity index (χ3n) is 2.04. The standard InChI is InChI=1S/C8H14N4O/c1-11(4-2-9)6-7-12-5-3-10-8(12)13/h3-7H2,1H3,(H,10,13). The number of urea groups is 1. The molecule has 5 nitrogen and oxygen atoms in total. The van der Waals surface area contributed by atoms with Crippen molar-refractivity contribution in [2.75, 3.05) is 39.8 Å². The lowest BCUT2D eigenvalue weighted by atomic mass is 10.5. The van der Waals surface area contributed by atoms with Crippen molar-refractivity contribution in [2.45, 2.75) is 0 Å². The Balaban J connectivity index is 2.18. The molecule has 13 heavy (non-hydrogen) atoms. The first-order valence-corrected chi connectivity index (χ1v) is 4.32. The minimum absolute atomic E-state index is 0.00496. The number of carbonyl (C=O) groups is 1. The molecule has 1 fully saturated rings. The number of likely N-dealkylation sites (N-methyl/N-ethyl adjacent to an activating group) is 1. The van der Waals surface area contributed by atoms with Crippen LogP contribution in [0, 0.1) is 11.3 Å². The van der Waals surface area contributed by atoms with Crippen molar-refractivity contribution in [3.8, 4) is 6.07 Å². The van der Waals surface area contributed by atoms with Crippen LogP contribution in [0.2, 0.25) is 0 Å². The van der Waals surface area contributed by atoms with Gasteiger partial charge in [0.1, 0.15) is 0 Å². The van der Waals surface area contributed by atoms with E-state index in [2.05, 4.69) is 11.4 Å². The molecule has 1 saturated heterocycles. The van der Waals surface area contributed by atoms with Gasteiger partial charge in [0.05, 0.1) is 12.6 Å². The lowest BCUT2D eigenvalue weighted by Gasteiger charge is -2.18.